The van der Waals surface area contributed by atoms with E-state index in [-0.39, 0.29) is 11.9 Å². The fraction of sp³-hybridized carbons (Fsp3) is 0.450. The van der Waals surface area contributed by atoms with Crippen molar-refractivity contribution in [1.82, 2.24) is 9.80 Å². The molecule has 2 saturated heterocycles. The van der Waals surface area contributed by atoms with Crippen LogP contribution in [0, 0.1) is 0 Å². The molecule has 2 atom stereocenters. The molecule has 2 aliphatic heterocycles. The molecular formula is C20H24N2O2S. The van der Waals surface area contributed by atoms with Gasteiger partial charge in [0.25, 0.3) is 5.91 Å². The normalized spacial score (nSPS) is 27.6. The molecule has 0 unspecified atom stereocenters. The lowest BCUT2D eigenvalue weighted by atomic mass is 9.79. The topological polar surface area (TPSA) is 43.8 Å². The van der Waals surface area contributed by atoms with Crippen molar-refractivity contribution in [3.8, 4) is 0 Å². The van der Waals surface area contributed by atoms with Crippen LogP contribution in [0.5, 0.6) is 0 Å². The first kappa shape index (κ1) is 16.8. The fourth-order valence-corrected chi connectivity index (χ4v) is 4.84. The van der Waals surface area contributed by atoms with E-state index < -0.39 is 5.60 Å². The summed E-state index contributed by atoms with van der Waals surface area (Å²) in [7, 11) is 0. The van der Waals surface area contributed by atoms with Gasteiger partial charge in [0.15, 0.2) is 0 Å². The van der Waals surface area contributed by atoms with Crippen LogP contribution >= 0.6 is 11.3 Å². The Morgan fingerprint density at radius 2 is 1.88 bits per heavy atom. The predicted molar refractivity (Wildman–Crippen MR) is 99.8 cm³/mol. The summed E-state index contributed by atoms with van der Waals surface area (Å²) in [4.78, 5) is 17.1. The van der Waals surface area contributed by atoms with E-state index in [1.54, 1.807) is 11.3 Å². The van der Waals surface area contributed by atoms with Crippen LogP contribution in [0.2, 0.25) is 0 Å². The van der Waals surface area contributed by atoms with Crippen molar-refractivity contribution in [2.24, 2.45) is 0 Å². The number of benzene rings is 1. The lowest BCUT2D eigenvalue weighted by molar-refractivity contribution is -0.0877. The third-order valence-corrected chi connectivity index (χ3v) is 6.30. The van der Waals surface area contributed by atoms with E-state index in [1.165, 1.54) is 12.8 Å². The second-order valence-electron chi connectivity index (χ2n) is 7.06. The molecular weight excluding hydrogens is 332 g/mol. The minimum atomic E-state index is -0.892. The van der Waals surface area contributed by atoms with Gasteiger partial charge in [-0.2, -0.15) is 11.3 Å². The molecule has 1 aromatic heterocycles. The Morgan fingerprint density at radius 3 is 2.56 bits per heavy atom. The van der Waals surface area contributed by atoms with Crippen LogP contribution in [0.1, 0.15) is 35.2 Å². The number of piperidine rings is 1. The van der Waals surface area contributed by atoms with Gasteiger partial charge in [0.05, 0.1) is 11.6 Å². The molecule has 0 radical (unpaired) electrons. The number of carbonyl (C=O) groups excluding carboxylic acids is 1. The van der Waals surface area contributed by atoms with E-state index in [0.717, 1.165) is 24.2 Å². The molecule has 1 N–H and O–H groups in total. The number of carbonyl (C=O) groups is 1. The maximum Gasteiger partial charge on any atom is 0.254 e. The first-order chi connectivity index (χ1) is 12.2. The van der Waals surface area contributed by atoms with Gasteiger partial charge in [-0.15, -0.1) is 0 Å². The van der Waals surface area contributed by atoms with Crippen LogP contribution in [0.4, 0.5) is 0 Å². The summed E-state index contributed by atoms with van der Waals surface area (Å²) < 4.78 is 0. The second kappa shape index (κ2) is 6.90. The summed E-state index contributed by atoms with van der Waals surface area (Å²) in [6.07, 6.45) is 2.91. The van der Waals surface area contributed by atoms with Crippen molar-refractivity contribution in [2.75, 3.05) is 26.2 Å². The zero-order valence-corrected chi connectivity index (χ0v) is 15.1. The van der Waals surface area contributed by atoms with Crippen LogP contribution in [0.15, 0.2) is 47.2 Å². The Kier molecular flexibility index (Phi) is 4.63. The Morgan fingerprint density at radius 1 is 1.12 bits per heavy atom. The average molecular weight is 356 g/mol. The monoisotopic (exact) mass is 356 g/mol. The lowest BCUT2D eigenvalue weighted by Gasteiger charge is -2.48. The summed E-state index contributed by atoms with van der Waals surface area (Å²) in [6, 6.07) is 11.8. The molecule has 1 amide bonds. The van der Waals surface area contributed by atoms with Crippen LogP contribution in [-0.4, -0.2) is 53.0 Å². The second-order valence-corrected chi connectivity index (χ2v) is 7.84. The number of thiophene rings is 1. The number of rotatable bonds is 3. The standard InChI is InChI=1S/C20H24N2O2S/c23-19(16-8-13-25-15-16)22-12-9-20(24,17-6-2-1-3-7-17)18(14-22)21-10-4-5-11-21/h1-3,6-8,13,15,18,24H,4-5,9-12,14H2/t18-,20+/m1/s1. The first-order valence-electron chi connectivity index (χ1n) is 9.02. The minimum absolute atomic E-state index is 0.0475. The number of aliphatic hydroxyl groups is 1. The number of likely N-dealkylation sites (tertiary alicyclic amines) is 2. The molecule has 1 aromatic carbocycles. The molecule has 3 heterocycles. The van der Waals surface area contributed by atoms with Crippen molar-refractivity contribution < 1.29 is 9.90 Å². The van der Waals surface area contributed by atoms with E-state index in [0.29, 0.717) is 19.5 Å². The van der Waals surface area contributed by atoms with Crippen molar-refractivity contribution in [3.05, 3.63) is 58.3 Å². The zero-order chi connectivity index (χ0) is 17.3. The number of hydrogen-bond donors (Lipinski definition) is 1. The highest BCUT2D eigenvalue weighted by Gasteiger charge is 2.47. The Hall–Kier alpha value is -1.69. The smallest absolute Gasteiger partial charge is 0.254 e. The van der Waals surface area contributed by atoms with E-state index in [9.17, 15) is 9.90 Å². The summed E-state index contributed by atoms with van der Waals surface area (Å²) in [6.45, 7) is 3.17. The molecule has 0 saturated carbocycles. The van der Waals surface area contributed by atoms with Crippen molar-refractivity contribution in [2.45, 2.75) is 30.9 Å². The maximum absolute atomic E-state index is 12.8. The van der Waals surface area contributed by atoms with Gasteiger partial charge in [-0.25, -0.2) is 0 Å². The van der Waals surface area contributed by atoms with Gasteiger partial charge in [-0.1, -0.05) is 30.3 Å². The molecule has 25 heavy (non-hydrogen) atoms. The SMILES string of the molecule is O=C(c1ccsc1)N1CC[C@](O)(c2ccccc2)[C@H](N2CCCC2)C1. The van der Waals surface area contributed by atoms with E-state index >= 15 is 0 Å². The largest absolute Gasteiger partial charge is 0.383 e. The highest BCUT2D eigenvalue weighted by Crippen LogP contribution is 2.37. The highest BCUT2D eigenvalue weighted by molar-refractivity contribution is 7.08. The molecule has 132 valence electrons. The molecule has 2 aliphatic rings. The third-order valence-electron chi connectivity index (χ3n) is 5.62. The van der Waals surface area contributed by atoms with E-state index in [2.05, 4.69) is 4.90 Å². The molecule has 0 aliphatic carbocycles. The number of hydrogen-bond acceptors (Lipinski definition) is 4. The quantitative estimate of drug-likeness (QED) is 0.920. The Balaban J connectivity index is 1.62. The molecule has 5 heteroatoms. The molecule has 2 aromatic rings. The summed E-state index contributed by atoms with van der Waals surface area (Å²) in [5, 5.41) is 15.5. The van der Waals surface area contributed by atoms with Gasteiger partial charge in [0.1, 0.15) is 5.60 Å². The van der Waals surface area contributed by atoms with Gasteiger partial charge in [0.2, 0.25) is 0 Å². The number of amides is 1. The van der Waals surface area contributed by atoms with Gasteiger partial charge < -0.3 is 10.0 Å². The summed E-state index contributed by atoms with van der Waals surface area (Å²) in [5.41, 5.74) is 0.835. The Labute approximate surface area is 152 Å². The van der Waals surface area contributed by atoms with E-state index in [4.69, 9.17) is 0 Å². The van der Waals surface area contributed by atoms with Gasteiger partial charge in [-0.3, -0.25) is 9.69 Å². The predicted octanol–water partition coefficient (Wildman–Crippen LogP) is 2.95. The summed E-state index contributed by atoms with van der Waals surface area (Å²) in [5.74, 6) is 0.0839. The Bertz CT molecular complexity index is 713. The molecule has 0 bridgehead atoms. The fourth-order valence-electron chi connectivity index (χ4n) is 4.21. The van der Waals surface area contributed by atoms with Gasteiger partial charge in [0, 0.05) is 18.5 Å². The lowest BCUT2D eigenvalue weighted by Crippen LogP contribution is -2.61. The first-order valence-corrected chi connectivity index (χ1v) is 9.96. The van der Waals surface area contributed by atoms with Crippen molar-refractivity contribution in [1.29, 1.82) is 0 Å². The van der Waals surface area contributed by atoms with Gasteiger partial charge >= 0.3 is 0 Å². The molecule has 2 fully saturated rings. The van der Waals surface area contributed by atoms with Crippen LogP contribution in [-0.2, 0) is 5.60 Å². The van der Waals surface area contributed by atoms with Crippen LogP contribution < -0.4 is 0 Å². The van der Waals surface area contributed by atoms with E-state index in [1.807, 2.05) is 52.1 Å². The molecule has 4 nitrogen and oxygen atoms in total. The molecule has 0 spiro atoms. The summed E-state index contributed by atoms with van der Waals surface area (Å²) >= 11 is 1.55. The van der Waals surface area contributed by atoms with Gasteiger partial charge in [-0.05, 0) is 49.4 Å². The minimum Gasteiger partial charge on any atom is -0.383 e. The van der Waals surface area contributed by atoms with Crippen molar-refractivity contribution in [3.63, 3.8) is 0 Å². The third kappa shape index (κ3) is 3.12. The molecule has 4 rings (SSSR count). The van der Waals surface area contributed by atoms with Crippen LogP contribution in [0.3, 0.4) is 0 Å². The number of nitrogens with zero attached hydrogens (tertiary/aromatic N) is 2. The van der Waals surface area contributed by atoms with Crippen LogP contribution in [0.25, 0.3) is 0 Å². The average Bonchev–Trinajstić information content (AvgIpc) is 3.36. The maximum atomic E-state index is 12.8. The highest BCUT2D eigenvalue weighted by atomic mass is 32.1. The zero-order valence-electron chi connectivity index (χ0n) is 14.3. The van der Waals surface area contributed by atoms with Crippen molar-refractivity contribution >= 4 is 17.2 Å².